The zero-order valence-corrected chi connectivity index (χ0v) is 12.2. The van der Waals surface area contributed by atoms with Crippen molar-refractivity contribution in [1.29, 1.82) is 0 Å². The number of hydrogen-bond donors (Lipinski definition) is 2. The molecule has 1 aromatic carbocycles. The molecule has 0 bridgehead atoms. The maximum Gasteiger partial charge on any atom is 0.120 e. The smallest absolute Gasteiger partial charge is 0.120 e. The summed E-state index contributed by atoms with van der Waals surface area (Å²) in [5, 5.41) is 13.9. The fraction of sp³-hybridized carbons (Fsp3) is 0.333. The number of hydrogen-bond acceptors (Lipinski definition) is 4. The lowest BCUT2D eigenvalue weighted by Gasteiger charge is -2.22. The Morgan fingerprint density at radius 3 is 2.58 bits per heavy atom. The van der Waals surface area contributed by atoms with Crippen LogP contribution in [0.15, 0.2) is 35.0 Å². The third-order valence-corrected chi connectivity index (χ3v) is 3.36. The Morgan fingerprint density at radius 2 is 2.00 bits per heavy atom. The Kier molecular flexibility index (Phi) is 3.83. The fourth-order valence-corrected chi connectivity index (χ4v) is 2.53. The van der Waals surface area contributed by atoms with E-state index in [1.165, 1.54) is 0 Å². The van der Waals surface area contributed by atoms with Crippen LogP contribution in [-0.2, 0) is 0 Å². The SMILES string of the molecule is CC(C)(C)Oc1ccc(O)c([C@H](N)c2ccsc2)c1. The summed E-state index contributed by atoms with van der Waals surface area (Å²) in [6, 6.07) is 6.82. The van der Waals surface area contributed by atoms with Gasteiger partial charge in [-0.25, -0.2) is 0 Å². The summed E-state index contributed by atoms with van der Waals surface area (Å²) >= 11 is 1.59. The van der Waals surface area contributed by atoms with Crippen molar-refractivity contribution in [3.8, 4) is 11.5 Å². The molecule has 102 valence electrons. The van der Waals surface area contributed by atoms with Crippen LogP contribution in [0.4, 0.5) is 0 Å². The molecule has 3 nitrogen and oxygen atoms in total. The van der Waals surface area contributed by atoms with E-state index in [2.05, 4.69) is 0 Å². The first-order valence-electron chi connectivity index (χ1n) is 6.16. The Bertz CT molecular complexity index is 544. The summed E-state index contributed by atoms with van der Waals surface area (Å²) in [5.74, 6) is 0.908. The van der Waals surface area contributed by atoms with Crippen molar-refractivity contribution in [2.24, 2.45) is 5.73 Å². The normalized spacial score (nSPS) is 13.3. The Labute approximate surface area is 117 Å². The zero-order chi connectivity index (χ0) is 14.0. The van der Waals surface area contributed by atoms with Crippen molar-refractivity contribution in [2.75, 3.05) is 0 Å². The summed E-state index contributed by atoms with van der Waals surface area (Å²) in [4.78, 5) is 0. The fourth-order valence-electron chi connectivity index (χ4n) is 1.83. The number of benzene rings is 1. The summed E-state index contributed by atoms with van der Waals surface area (Å²) in [5.41, 5.74) is 7.58. The van der Waals surface area contributed by atoms with Crippen LogP contribution in [0.5, 0.6) is 11.5 Å². The van der Waals surface area contributed by atoms with Gasteiger partial charge in [0.05, 0.1) is 6.04 Å². The highest BCUT2D eigenvalue weighted by Crippen LogP contribution is 2.32. The average Bonchev–Trinajstić information content (AvgIpc) is 2.82. The van der Waals surface area contributed by atoms with Crippen molar-refractivity contribution in [1.82, 2.24) is 0 Å². The molecule has 4 heteroatoms. The lowest BCUT2D eigenvalue weighted by molar-refractivity contribution is 0.130. The van der Waals surface area contributed by atoms with Gasteiger partial charge in [-0.05, 0) is 61.4 Å². The summed E-state index contributed by atoms with van der Waals surface area (Å²) < 4.78 is 5.80. The van der Waals surface area contributed by atoms with E-state index >= 15 is 0 Å². The van der Waals surface area contributed by atoms with Gasteiger partial charge in [-0.2, -0.15) is 11.3 Å². The molecule has 0 radical (unpaired) electrons. The van der Waals surface area contributed by atoms with E-state index in [1.807, 2.05) is 43.7 Å². The molecule has 0 fully saturated rings. The van der Waals surface area contributed by atoms with Gasteiger partial charge in [-0.1, -0.05) is 0 Å². The van der Waals surface area contributed by atoms with E-state index in [-0.39, 0.29) is 17.4 Å². The predicted octanol–water partition coefficient (Wildman–Crippen LogP) is 3.68. The van der Waals surface area contributed by atoms with Gasteiger partial charge in [-0.3, -0.25) is 0 Å². The molecule has 1 atom stereocenters. The van der Waals surface area contributed by atoms with Gasteiger partial charge in [0.15, 0.2) is 0 Å². The van der Waals surface area contributed by atoms with E-state index in [9.17, 15) is 5.11 Å². The molecule has 0 unspecified atom stereocenters. The van der Waals surface area contributed by atoms with Crippen molar-refractivity contribution in [2.45, 2.75) is 32.4 Å². The summed E-state index contributed by atoms with van der Waals surface area (Å²) in [6.45, 7) is 5.95. The second-order valence-electron chi connectivity index (χ2n) is 5.47. The molecule has 19 heavy (non-hydrogen) atoms. The third kappa shape index (κ3) is 3.49. The van der Waals surface area contributed by atoms with Crippen molar-refractivity contribution in [3.63, 3.8) is 0 Å². The molecule has 0 aliphatic heterocycles. The van der Waals surface area contributed by atoms with E-state index in [0.717, 1.165) is 5.56 Å². The van der Waals surface area contributed by atoms with Gasteiger partial charge >= 0.3 is 0 Å². The van der Waals surface area contributed by atoms with E-state index in [4.69, 9.17) is 10.5 Å². The first-order valence-corrected chi connectivity index (χ1v) is 7.11. The van der Waals surface area contributed by atoms with Gasteiger partial charge in [0.25, 0.3) is 0 Å². The number of thiophene rings is 1. The van der Waals surface area contributed by atoms with Crippen molar-refractivity contribution in [3.05, 3.63) is 46.2 Å². The van der Waals surface area contributed by atoms with Crippen LogP contribution < -0.4 is 10.5 Å². The number of aromatic hydroxyl groups is 1. The second-order valence-corrected chi connectivity index (χ2v) is 6.25. The lowest BCUT2D eigenvalue weighted by Crippen LogP contribution is -2.23. The first-order chi connectivity index (χ1) is 8.87. The molecule has 1 aromatic heterocycles. The largest absolute Gasteiger partial charge is 0.508 e. The number of phenols is 1. The van der Waals surface area contributed by atoms with Crippen LogP contribution in [0.3, 0.4) is 0 Å². The Hall–Kier alpha value is -1.52. The van der Waals surface area contributed by atoms with Crippen LogP contribution >= 0.6 is 11.3 Å². The summed E-state index contributed by atoms with van der Waals surface area (Å²) in [7, 11) is 0. The molecule has 0 aliphatic carbocycles. The standard InChI is InChI=1S/C15H19NO2S/c1-15(2,3)18-11-4-5-13(17)12(8-11)14(16)10-6-7-19-9-10/h4-9,14,17H,16H2,1-3H3/t14-/m1/s1. The molecule has 2 aromatic rings. The molecule has 0 spiro atoms. The van der Waals surface area contributed by atoms with Crippen LogP contribution in [0.2, 0.25) is 0 Å². The molecular weight excluding hydrogens is 258 g/mol. The number of ether oxygens (including phenoxy) is 1. The molecule has 0 saturated carbocycles. The number of phenolic OH excluding ortho intramolecular Hbond substituents is 1. The van der Waals surface area contributed by atoms with E-state index in [1.54, 1.807) is 23.5 Å². The highest BCUT2D eigenvalue weighted by Gasteiger charge is 2.17. The van der Waals surface area contributed by atoms with Crippen molar-refractivity contribution < 1.29 is 9.84 Å². The van der Waals surface area contributed by atoms with Crippen molar-refractivity contribution >= 4 is 11.3 Å². The van der Waals surface area contributed by atoms with Gasteiger partial charge in [0, 0.05) is 5.56 Å². The minimum Gasteiger partial charge on any atom is -0.508 e. The first kappa shape index (κ1) is 13.9. The molecular formula is C15H19NO2S. The Balaban J connectivity index is 2.32. The molecule has 2 rings (SSSR count). The lowest BCUT2D eigenvalue weighted by atomic mass is 10.0. The molecule has 1 heterocycles. The van der Waals surface area contributed by atoms with Crippen LogP contribution in [0, 0.1) is 0 Å². The molecule has 0 aliphatic rings. The van der Waals surface area contributed by atoms with Gasteiger partial charge in [0.1, 0.15) is 17.1 Å². The van der Waals surface area contributed by atoms with Gasteiger partial charge < -0.3 is 15.6 Å². The van der Waals surface area contributed by atoms with Gasteiger partial charge in [-0.15, -0.1) is 0 Å². The van der Waals surface area contributed by atoms with E-state index < -0.39 is 0 Å². The van der Waals surface area contributed by atoms with Crippen LogP contribution in [-0.4, -0.2) is 10.7 Å². The topological polar surface area (TPSA) is 55.5 Å². The molecule has 0 saturated heterocycles. The van der Waals surface area contributed by atoms with Gasteiger partial charge in [0.2, 0.25) is 0 Å². The Morgan fingerprint density at radius 1 is 1.26 bits per heavy atom. The van der Waals surface area contributed by atoms with Crippen LogP contribution in [0.1, 0.15) is 37.9 Å². The number of nitrogens with two attached hydrogens (primary N) is 1. The third-order valence-electron chi connectivity index (χ3n) is 2.66. The summed E-state index contributed by atoms with van der Waals surface area (Å²) in [6.07, 6.45) is 0. The quantitative estimate of drug-likeness (QED) is 0.899. The minimum absolute atomic E-state index is 0.194. The van der Waals surface area contributed by atoms with E-state index in [0.29, 0.717) is 11.3 Å². The van der Waals surface area contributed by atoms with Crippen LogP contribution in [0.25, 0.3) is 0 Å². The highest BCUT2D eigenvalue weighted by molar-refractivity contribution is 7.08. The number of rotatable bonds is 3. The highest BCUT2D eigenvalue weighted by atomic mass is 32.1. The average molecular weight is 277 g/mol. The maximum absolute atomic E-state index is 9.97. The monoisotopic (exact) mass is 277 g/mol. The maximum atomic E-state index is 9.97. The molecule has 3 N–H and O–H groups in total. The minimum atomic E-state index is -0.338. The zero-order valence-electron chi connectivity index (χ0n) is 11.4. The second kappa shape index (κ2) is 5.23. The molecule has 0 amide bonds. The predicted molar refractivity (Wildman–Crippen MR) is 78.8 cm³/mol.